The lowest BCUT2D eigenvalue weighted by atomic mass is 10.1. The molecule has 9 heteroatoms. The van der Waals surface area contributed by atoms with Crippen LogP contribution in [-0.4, -0.2) is 82.3 Å². The van der Waals surface area contributed by atoms with E-state index in [4.69, 9.17) is 18.9 Å². The van der Waals surface area contributed by atoms with Crippen molar-refractivity contribution < 1.29 is 42.9 Å². The molecule has 2 atom stereocenters. The minimum atomic E-state index is -1.63. The van der Waals surface area contributed by atoms with Crippen molar-refractivity contribution >= 4 is 17.9 Å². The SMILES string of the molecule is CC/C=C\C/C=C\C/C=C\C/C=C\C/C=C\C/C=C\C/C=C\C/C=C\CCCCCCCCC(=O)OC(COC(=O)CCCCCCCCCCCC)COC(OCC[N+](C)(C)C)C(=O)[O-]. The first kappa shape index (κ1) is 62.2. The van der Waals surface area contributed by atoms with E-state index in [0.29, 0.717) is 17.4 Å². The van der Waals surface area contributed by atoms with Gasteiger partial charge < -0.3 is 33.3 Å². The Balaban J connectivity index is 4.28. The number of rotatable bonds is 46. The number of allylic oxidation sites excluding steroid dienone is 16. The highest BCUT2D eigenvalue weighted by Crippen LogP contribution is 2.14. The molecule has 0 amide bonds. The predicted molar refractivity (Wildman–Crippen MR) is 274 cm³/mol. The van der Waals surface area contributed by atoms with Gasteiger partial charge in [-0.25, -0.2) is 0 Å². The van der Waals surface area contributed by atoms with Crippen LogP contribution in [0.15, 0.2) is 97.2 Å². The lowest BCUT2D eigenvalue weighted by molar-refractivity contribution is -0.870. The Morgan fingerprint density at radius 1 is 0.470 bits per heavy atom. The first-order valence-electron chi connectivity index (χ1n) is 25.9. The topological polar surface area (TPSA) is 111 Å². The van der Waals surface area contributed by atoms with E-state index in [1.807, 2.05) is 21.1 Å². The lowest BCUT2D eigenvalue weighted by Gasteiger charge is -2.26. The van der Waals surface area contributed by atoms with Crippen LogP contribution in [0.4, 0.5) is 0 Å². The molecule has 0 aliphatic rings. The van der Waals surface area contributed by atoms with E-state index >= 15 is 0 Å². The quantitative estimate of drug-likeness (QED) is 0.0195. The molecular formula is C57H95NO8. The van der Waals surface area contributed by atoms with Crippen molar-refractivity contribution in [2.45, 2.75) is 200 Å². The van der Waals surface area contributed by atoms with Crippen LogP contribution in [0.3, 0.4) is 0 Å². The Labute approximate surface area is 403 Å². The van der Waals surface area contributed by atoms with Crippen LogP contribution in [0.25, 0.3) is 0 Å². The van der Waals surface area contributed by atoms with Gasteiger partial charge in [0.2, 0.25) is 0 Å². The predicted octanol–water partition coefficient (Wildman–Crippen LogP) is 13.3. The molecule has 0 saturated carbocycles. The molecular weight excluding hydrogens is 827 g/mol. The number of ether oxygens (including phenoxy) is 4. The molecule has 0 bridgehead atoms. The van der Waals surface area contributed by atoms with Crippen LogP contribution in [0.1, 0.15) is 187 Å². The number of carboxylic acids is 1. The molecule has 0 heterocycles. The van der Waals surface area contributed by atoms with Crippen molar-refractivity contribution in [2.24, 2.45) is 0 Å². The number of likely N-dealkylation sites (N-methyl/N-ethyl adjacent to an activating group) is 1. The van der Waals surface area contributed by atoms with Gasteiger partial charge in [0.1, 0.15) is 13.2 Å². The highest BCUT2D eigenvalue weighted by atomic mass is 16.7. The van der Waals surface area contributed by atoms with E-state index in [-0.39, 0.29) is 38.6 Å². The van der Waals surface area contributed by atoms with Crippen molar-refractivity contribution in [3.8, 4) is 0 Å². The van der Waals surface area contributed by atoms with E-state index in [2.05, 4.69) is 111 Å². The molecule has 0 spiro atoms. The van der Waals surface area contributed by atoms with Crippen molar-refractivity contribution in [1.82, 2.24) is 0 Å². The second kappa shape index (κ2) is 47.7. The molecule has 9 nitrogen and oxygen atoms in total. The summed E-state index contributed by atoms with van der Waals surface area (Å²) in [6, 6.07) is 0. The maximum Gasteiger partial charge on any atom is 0.306 e. The van der Waals surface area contributed by atoms with E-state index in [0.717, 1.165) is 109 Å². The lowest BCUT2D eigenvalue weighted by Crippen LogP contribution is -2.44. The smallest absolute Gasteiger partial charge is 0.306 e. The molecule has 0 aliphatic heterocycles. The van der Waals surface area contributed by atoms with Gasteiger partial charge in [-0.2, -0.15) is 0 Å². The first-order valence-corrected chi connectivity index (χ1v) is 25.9. The van der Waals surface area contributed by atoms with Crippen molar-refractivity contribution in [1.29, 1.82) is 0 Å². The largest absolute Gasteiger partial charge is 0.545 e. The zero-order chi connectivity index (χ0) is 48.4. The average molecular weight is 922 g/mol. The first-order chi connectivity index (χ1) is 32.1. The summed E-state index contributed by atoms with van der Waals surface area (Å²) >= 11 is 0. The molecule has 0 N–H and O–H groups in total. The summed E-state index contributed by atoms with van der Waals surface area (Å²) in [4.78, 5) is 37.0. The summed E-state index contributed by atoms with van der Waals surface area (Å²) in [7, 11) is 5.90. The number of hydrogen-bond donors (Lipinski definition) is 0. The minimum Gasteiger partial charge on any atom is -0.545 e. The monoisotopic (exact) mass is 922 g/mol. The highest BCUT2D eigenvalue weighted by molar-refractivity contribution is 5.70. The summed E-state index contributed by atoms with van der Waals surface area (Å²) < 4.78 is 22.5. The Hall–Kier alpha value is -3.79. The molecule has 0 aliphatic carbocycles. The van der Waals surface area contributed by atoms with Crippen molar-refractivity contribution in [2.75, 3.05) is 47.5 Å². The number of carboxylic acid groups (broad SMARTS) is 1. The molecule has 0 saturated heterocycles. The number of unbranched alkanes of at least 4 members (excludes halogenated alkanes) is 15. The van der Waals surface area contributed by atoms with Gasteiger partial charge in [-0.05, 0) is 77.0 Å². The third kappa shape index (κ3) is 48.2. The number of carbonyl (C=O) groups excluding carboxylic acids is 3. The van der Waals surface area contributed by atoms with Gasteiger partial charge in [0.15, 0.2) is 12.4 Å². The molecule has 2 unspecified atom stereocenters. The Morgan fingerprint density at radius 2 is 0.864 bits per heavy atom. The second-order valence-corrected chi connectivity index (χ2v) is 18.1. The van der Waals surface area contributed by atoms with Gasteiger partial charge in [-0.1, -0.05) is 195 Å². The summed E-state index contributed by atoms with van der Waals surface area (Å²) in [5.41, 5.74) is 0. The molecule has 0 rings (SSSR count). The third-order valence-electron chi connectivity index (χ3n) is 10.6. The molecule has 376 valence electrons. The fourth-order valence-corrected chi connectivity index (χ4v) is 6.61. The molecule has 0 aromatic rings. The molecule has 66 heavy (non-hydrogen) atoms. The van der Waals surface area contributed by atoms with Crippen LogP contribution < -0.4 is 5.11 Å². The highest BCUT2D eigenvalue weighted by Gasteiger charge is 2.21. The molecule has 0 fully saturated rings. The van der Waals surface area contributed by atoms with Crippen molar-refractivity contribution in [3.05, 3.63) is 97.2 Å². The van der Waals surface area contributed by atoms with Gasteiger partial charge in [-0.3, -0.25) is 9.59 Å². The molecule has 0 radical (unpaired) electrons. The summed E-state index contributed by atoms with van der Waals surface area (Å²) in [6.45, 7) is 4.57. The zero-order valence-corrected chi connectivity index (χ0v) is 42.5. The van der Waals surface area contributed by atoms with Crippen LogP contribution in [0.5, 0.6) is 0 Å². The third-order valence-corrected chi connectivity index (χ3v) is 10.6. The molecule has 0 aromatic carbocycles. The number of carbonyl (C=O) groups is 3. The van der Waals surface area contributed by atoms with Gasteiger partial charge in [-0.15, -0.1) is 0 Å². The minimum absolute atomic E-state index is 0.140. The maximum atomic E-state index is 12.8. The van der Waals surface area contributed by atoms with Gasteiger partial charge in [0.05, 0.1) is 40.3 Å². The van der Waals surface area contributed by atoms with Crippen LogP contribution in [0.2, 0.25) is 0 Å². The van der Waals surface area contributed by atoms with Gasteiger partial charge in [0.25, 0.3) is 0 Å². The van der Waals surface area contributed by atoms with E-state index in [1.165, 1.54) is 44.9 Å². The maximum absolute atomic E-state index is 12.8. The summed E-state index contributed by atoms with van der Waals surface area (Å²) in [6.07, 6.45) is 60.2. The summed E-state index contributed by atoms with van der Waals surface area (Å²) in [5, 5.41) is 11.7. The van der Waals surface area contributed by atoms with Gasteiger partial charge >= 0.3 is 11.9 Å². The second-order valence-electron chi connectivity index (χ2n) is 18.1. The van der Waals surface area contributed by atoms with Crippen LogP contribution in [0, 0.1) is 0 Å². The Kier molecular flexibility index (Phi) is 45.0. The van der Waals surface area contributed by atoms with E-state index in [1.54, 1.807) is 0 Å². The normalized spacial score (nSPS) is 13.7. The number of hydrogen-bond acceptors (Lipinski definition) is 8. The zero-order valence-electron chi connectivity index (χ0n) is 42.5. The number of nitrogens with zero attached hydrogens (tertiary/aromatic N) is 1. The number of esters is 2. The summed E-state index contributed by atoms with van der Waals surface area (Å²) in [5.74, 6) is -2.32. The molecule has 0 aromatic heterocycles. The fourth-order valence-electron chi connectivity index (χ4n) is 6.61. The number of quaternary nitrogens is 1. The van der Waals surface area contributed by atoms with E-state index in [9.17, 15) is 19.5 Å². The number of aliphatic carboxylic acids is 1. The van der Waals surface area contributed by atoms with Crippen LogP contribution in [-0.2, 0) is 33.3 Å². The van der Waals surface area contributed by atoms with Gasteiger partial charge in [0, 0.05) is 12.8 Å². The standard InChI is InChI=1S/C57H95NO8/c1-6-8-10-12-14-16-18-19-20-21-22-23-24-25-26-27-28-29-30-31-32-33-34-35-36-37-38-40-42-44-46-48-55(60)66-53(52-65-57(56(61)62)63-50-49-58(3,4)5)51-64-54(59)47-45-43-41-39-17-15-13-11-9-7-2/h8,10,14,16,19-20,22-23,25-26,28-29,31-32,34-35,53,57H,6-7,9,11-13,15,17-18,21,24,27,30,33,36-52H2,1-5H3/b10-8-,16-14-,20-19-,23-22-,26-25-,29-28-,32-31-,35-34-. The fraction of sp³-hybridized carbons (Fsp3) is 0.667. The Morgan fingerprint density at radius 3 is 1.29 bits per heavy atom. The average Bonchev–Trinajstić information content (AvgIpc) is 3.28. The van der Waals surface area contributed by atoms with Crippen molar-refractivity contribution in [3.63, 3.8) is 0 Å². The van der Waals surface area contributed by atoms with E-state index < -0.39 is 24.3 Å². The van der Waals surface area contributed by atoms with Crippen LogP contribution >= 0.6 is 0 Å². The Bertz CT molecular complexity index is 1400.